The molecule has 10 rings (SSSR count). The van der Waals surface area contributed by atoms with Crippen LogP contribution in [0.2, 0.25) is 0 Å². The second-order valence-corrected chi connectivity index (χ2v) is 16.1. The van der Waals surface area contributed by atoms with E-state index < -0.39 is 5.82 Å². The van der Waals surface area contributed by atoms with Gasteiger partial charge in [0.05, 0.1) is 34.2 Å². The minimum absolute atomic E-state index is 0.0391. The highest BCUT2D eigenvalue weighted by Crippen LogP contribution is 2.44. The monoisotopic (exact) mass is 700 g/mol. The quantitative estimate of drug-likeness (QED) is 0.209. The number of carbonyl (C=O) groups is 2. The predicted octanol–water partition coefficient (Wildman–Crippen LogP) is 6.97. The summed E-state index contributed by atoms with van der Waals surface area (Å²) in [6, 6.07) is 13.3. The van der Waals surface area contributed by atoms with Crippen LogP contribution in [0.1, 0.15) is 127 Å². The Bertz CT molecular complexity index is 2270. The number of rotatable bonds is 4. The minimum Gasteiger partial charge on any atom is -0.344 e. The maximum Gasteiger partial charge on any atom is 0.254 e. The van der Waals surface area contributed by atoms with Gasteiger partial charge >= 0.3 is 0 Å². The van der Waals surface area contributed by atoms with E-state index in [-0.39, 0.29) is 36.0 Å². The Morgan fingerprint density at radius 1 is 0.923 bits per heavy atom. The molecule has 52 heavy (non-hydrogen) atoms. The van der Waals surface area contributed by atoms with Crippen LogP contribution in [0.3, 0.4) is 0 Å². The SMILES string of the molecule is C[C@H]1NC(=O)c2ccc(C3CC3)nc2CCCCCn2c(-c3nc4cc(C(=O)N5C[C@H](N)[C@@H]6CC[C@H]5C6)cc(F)c4n3C3CC3)cc3ccc1nc32. The van der Waals surface area contributed by atoms with E-state index >= 15 is 4.39 Å². The molecular formula is C41H45FN8O2. The van der Waals surface area contributed by atoms with Gasteiger partial charge in [-0.3, -0.25) is 14.6 Å². The number of amides is 2. The van der Waals surface area contributed by atoms with Gasteiger partial charge < -0.3 is 25.1 Å². The summed E-state index contributed by atoms with van der Waals surface area (Å²) in [7, 11) is 0. The zero-order chi connectivity index (χ0) is 35.2. The molecule has 11 heteroatoms. The maximum absolute atomic E-state index is 16.3. The van der Waals surface area contributed by atoms with Crippen molar-refractivity contribution in [3.63, 3.8) is 0 Å². The van der Waals surface area contributed by atoms with E-state index in [1.807, 2.05) is 30.0 Å². The molecule has 4 bridgehead atoms. The van der Waals surface area contributed by atoms with Crippen LogP contribution in [0.15, 0.2) is 42.5 Å². The molecule has 5 aliphatic rings. The summed E-state index contributed by atoms with van der Waals surface area (Å²) in [4.78, 5) is 44.6. The number of hydrogen-bond acceptors (Lipinski definition) is 6. The van der Waals surface area contributed by atoms with Crippen LogP contribution in [0.5, 0.6) is 0 Å². The Kier molecular flexibility index (Phi) is 7.53. The van der Waals surface area contributed by atoms with Crippen LogP contribution < -0.4 is 11.1 Å². The summed E-state index contributed by atoms with van der Waals surface area (Å²) in [5.41, 5.74) is 12.8. The second kappa shape index (κ2) is 12.2. The first-order valence-electron chi connectivity index (χ1n) is 19.4. The van der Waals surface area contributed by atoms with Crippen LogP contribution in [-0.4, -0.2) is 59.4 Å². The number of pyridine rings is 2. The molecule has 6 heterocycles. The fourth-order valence-corrected chi connectivity index (χ4v) is 9.18. The first kappa shape index (κ1) is 32.0. The summed E-state index contributed by atoms with van der Waals surface area (Å²) in [5.74, 6) is 0.984. The van der Waals surface area contributed by atoms with Crippen LogP contribution in [0, 0.1) is 11.7 Å². The van der Waals surface area contributed by atoms with Crippen molar-refractivity contribution in [1.29, 1.82) is 0 Å². The predicted molar refractivity (Wildman–Crippen MR) is 196 cm³/mol. The van der Waals surface area contributed by atoms with Gasteiger partial charge in [0.1, 0.15) is 17.0 Å². The third kappa shape index (κ3) is 5.42. The number of aryl methyl sites for hydroxylation is 2. The van der Waals surface area contributed by atoms with Crippen molar-refractivity contribution in [2.24, 2.45) is 11.7 Å². The van der Waals surface area contributed by atoms with Crippen LogP contribution in [-0.2, 0) is 13.0 Å². The van der Waals surface area contributed by atoms with Gasteiger partial charge in [-0.1, -0.05) is 6.42 Å². The lowest BCUT2D eigenvalue weighted by atomic mass is 9.94. The number of likely N-dealkylation sites (tertiary alicyclic amines) is 1. The molecule has 10 nitrogen and oxygen atoms in total. The van der Waals surface area contributed by atoms with E-state index in [1.165, 1.54) is 18.9 Å². The van der Waals surface area contributed by atoms with E-state index in [0.29, 0.717) is 46.4 Å². The largest absolute Gasteiger partial charge is 0.344 e. The van der Waals surface area contributed by atoms with E-state index in [4.69, 9.17) is 20.7 Å². The third-order valence-corrected chi connectivity index (χ3v) is 12.4. The first-order valence-corrected chi connectivity index (χ1v) is 19.4. The average molecular weight is 701 g/mol. The topological polar surface area (TPSA) is 124 Å². The molecule has 3 saturated carbocycles. The number of benzene rings is 1. The number of hydrogen-bond donors (Lipinski definition) is 2. The van der Waals surface area contributed by atoms with Gasteiger partial charge in [-0.25, -0.2) is 14.4 Å². The summed E-state index contributed by atoms with van der Waals surface area (Å²) in [5, 5.41) is 4.16. The van der Waals surface area contributed by atoms with Crippen molar-refractivity contribution in [2.45, 2.75) is 114 Å². The normalized spacial score (nSPS) is 25.1. The highest BCUT2D eigenvalue weighted by atomic mass is 19.1. The number of nitrogens with two attached hydrogens (primary N) is 1. The molecule has 2 aliphatic heterocycles. The molecule has 268 valence electrons. The average Bonchev–Trinajstić information content (AvgIpc) is 4.06. The lowest BCUT2D eigenvalue weighted by molar-refractivity contribution is 0.0603. The van der Waals surface area contributed by atoms with Crippen molar-refractivity contribution in [2.75, 3.05) is 6.54 Å². The summed E-state index contributed by atoms with van der Waals surface area (Å²) < 4.78 is 20.6. The molecule has 0 spiro atoms. The minimum atomic E-state index is -0.419. The lowest BCUT2D eigenvalue weighted by Gasteiger charge is -2.37. The standard InChI is InChI=1S/C41H45FN8O2/c1-22-32-14-9-25-20-36(48(38(25)46-32)16-4-2-3-5-34-29(40(51)44-22)13-15-33(45-34)23-6-7-23)39-47-35-19-26(18-30(42)37(35)50(39)27-11-12-27)41(52)49-21-31(43)24-8-10-28(49)17-24/h9,13-15,18-20,22-24,27-28,31H,2-8,10-12,16-17,21,43H2,1H3,(H,44,51)/t22-,24-,28+,31+/m1/s1. The van der Waals surface area contributed by atoms with Crippen molar-refractivity contribution < 1.29 is 14.0 Å². The molecule has 3 aliphatic carbocycles. The van der Waals surface area contributed by atoms with E-state index in [2.05, 4.69) is 26.6 Å². The van der Waals surface area contributed by atoms with Crippen molar-refractivity contribution >= 4 is 33.9 Å². The molecule has 0 unspecified atom stereocenters. The molecule has 4 atom stereocenters. The van der Waals surface area contributed by atoms with Crippen LogP contribution in [0.4, 0.5) is 4.39 Å². The Balaban J connectivity index is 1.03. The van der Waals surface area contributed by atoms with Crippen molar-refractivity contribution in [3.05, 3.63) is 76.5 Å². The van der Waals surface area contributed by atoms with Gasteiger partial charge in [0.25, 0.3) is 11.8 Å². The van der Waals surface area contributed by atoms with Crippen molar-refractivity contribution in [3.8, 4) is 11.5 Å². The Morgan fingerprint density at radius 2 is 1.75 bits per heavy atom. The van der Waals surface area contributed by atoms with Gasteiger partial charge in [-0.15, -0.1) is 0 Å². The lowest BCUT2D eigenvalue weighted by Crippen LogP contribution is -2.51. The van der Waals surface area contributed by atoms with Gasteiger partial charge in [0.15, 0.2) is 5.82 Å². The fraction of sp³-hybridized carbons (Fsp3) is 0.488. The van der Waals surface area contributed by atoms with Gasteiger partial charge in [-0.05, 0) is 120 Å². The Labute approximate surface area is 302 Å². The zero-order valence-electron chi connectivity index (χ0n) is 29.7. The van der Waals surface area contributed by atoms with Crippen LogP contribution in [0.25, 0.3) is 33.6 Å². The fourth-order valence-electron chi connectivity index (χ4n) is 9.18. The molecule has 5 aromatic rings. The summed E-state index contributed by atoms with van der Waals surface area (Å²) >= 11 is 0. The molecule has 4 fully saturated rings. The number of nitrogens with zero attached hydrogens (tertiary/aromatic N) is 6. The molecule has 0 radical (unpaired) electrons. The van der Waals surface area contributed by atoms with Crippen molar-refractivity contribution in [1.82, 2.24) is 34.3 Å². The number of halogens is 1. The number of carbonyl (C=O) groups excluding carboxylic acids is 2. The van der Waals surface area contributed by atoms with Gasteiger partial charge in [-0.2, -0.15) is 0 Å². The zero-order valence-corrected chi connectivity index (χ0v) is 29.7. The first-order chi connectivity index (χ1) is 25.3. The highest BCUT2D eigenvalue weighted by Gasteiger charge is 2.41. The molecule has 4 aromatic heterocycles. The molecular weight excluding hydrogens is 656 g/mol. The highest BCUT2D eigenvalue weighted by molar-refractivity contribution is 5.99. The summed E-state index contributed by atoms with van der Waals surface area (Å²) in [6.07, 6.45) is 10.7. The number of aromatic nitrogens is 5. The third-order valence-electron chi connectivity index (χ3n) is 12.4. The van der Waals surface area contributed by atoms with Gasteiger partial charge in [0, 0.05) is 53.8 Å². The Hall–Kier alpha value is -4.64. The molecule has 1 saturated heterocycles. The molecule has 3 N–H and O–H groups in total. The number of piperidine rings is 1. The number of fused-ring (bicyclic) bond motifs is 5. The molecule has 1 aromatic carbocycles. The van der Waals surface area contributed by atoms with E-state index in [0.717, 1.165) is 98.1 Å². The van der Waals surface area contributed by atoms with Crippen LogP contribution >= 0.6 is 0 Å². The van der Waals surface area contributed by atoms with Gasteiger partial charge in [0.2, 0.25) is 0 Å². The number of nitrogens with one attached hydrogen (secondary N) is 1. The number of imidazole rings is 1. The molecule has 2 amide bonds. The summed E-state index contributed by atoms with van der Waals surface area (Å²) in [6.45, 7) is 3.20. The van der Waals surface area contributed by atoms with E-state index in [9.17, 15) is 9.59 Å². The Morgan fingerprint density at radius 3 is 2.58 bits per heavy atom. The maximum atomic E-state index is 16.3. The smallest absolute Gasteiger partial charge is 0.254 e. The second-order valence-electron chi connectivity index (χ2n) is 16.1. The van der Waals surface area contributed by atoms with E-state index in [1.54, 1.807) is 6.07 Å².